The molecule has 0 aromatic heterocycles. The lowest BCUT2D eigenvalue weighted by Gasteiger charge is -2.26. The van der Waals surface area contributed by atoms with E-state index >= 15 is 0 Å². The fraction of sp³-hybridized carbons (Fsp3) is 0.333. The van der Waals surface area contributed by atoms with Gasteiger partial charge < -0.3 is 10.2 Å². The van der Waals surface area contributed by atoms with Crippen LogP contribution in [-0.4, -0.2) is 18.2 Å². The first-order valence-corrected chi connectivity index (χ1v) is 8.98. The summed E-state index contributed by atoms with van der Waals surface area (Å²) in [6.07, 6.45) is 4.76. The van der Waals surface area contributed by atoms with Gasteiger partial charge in [-0.3, -0.25) is 9.59 Å². The summed E-state index contributed by atoms with van der Waals surface area (Å²) >= 11 is 0. The lowest BCUT2D eigenvalue weighted by molar-refractivity contribution is -0.112. The Bertz CT molecular complexity index is 756. The summed E-state index contributed by atoms with van der Waals surface area (Å²) in [5.41, 5.74) is 3.20. The van der Waals surface area contributed by atoms with Crippen LogP contribution < -0.4 is 10.2 Å². The standard InChI is InChI=1S/C21H24N2O2/c1-2-3-4-8-14-23(17-11-6-5-7-12-17)15-16-10-9-13-18-19(16)20(24)21(25)22-18/h5-7,9-13H,2-4,8,14-15H2,1H3,(H,22,24,25). The van der Waals surface area contributed by atoms with Crippen LogP contribution in [0.2, 0.25) is 0 Å². The molecule has 0 saturated heterocycles. The highest BCUT2D eigenvalue weighted by atomic mass is 16.2. The van der Waals surface area contributed by atoms with E-state index in [0.29, 0.717) is 17.8 Å². The first-order chi connectivity index (χ1) is 12.2. The maximum Gasteiger partial charge on any atom is 0.296 e. The zero-order chi connectivity index (χ0) is 17.6. The number of hydrogen-bond acceptors (Lipinski definition) is 3. The van der Waals surface area contributed by atoms with Crippen LogP contribution in [-0.2, 0) is 11.3 Å². The molecule has 1 amide bonds. The zero-order valence-electron chi connectivity index (χ0n) is 14.6. The van der Waals surface area contributed by atoms with E-state index in [0.717, 1.165) is 24.2 Å². The predicted octanol–water partition coefficient (Wildman–Crippen LogP) is 4.41. The van der Waals surface area contributed by atoms with Crippen molar-refractivity contribution in [3.8, 4) is 0 Å². The topological polar surface area (TPSA) is 49.4 Å². The van der Waals surface area contributed by atoms with E-state index in [2.05, 4.69) is 29.3 Å². The Balaban J connectivity index is 1.83. The fourth-order valence-electron chi connectivity index (χ4n) is 3.27. The smallest absolute Gasteiger partial charge is 0.296 e. The van der Waals surface area contributed by atoms with Crippen molar-refractivity contribution in [3.05, 3.63) is 59.7 Å². The minimum Gasteiger partial charge on any atom is -0.367 e. The highest BCUT2D eigenvalue weighted by molar-refractivity contribution is 6.52. The van der Waals surface area contributed by atoms with Crippen molar-refractivity contribution in [3.63, 3.8) is 0 Å². The molecule has 25 heavy (non-hydrogen) atoms. The molecule has 1 N–H and O–H groups in total. The molecular weight excluding hydrogens is 312 g/mol. The van der Waals surface area contributed by atoms with Gasteiger partial charge in [0.05, 0.1) is 11.3 Å². The van der Waals surface area contributed by atoms with Gasteiger partial charge in [-0.25, -0.2) is 0 Å². The maximum atomic E-state index is 12.2. The largest absolute Gasteiger partial charge is 0.367 e. The van der Waals surface area contributed by atoms with Crippen molar-refractivity contribution in [2.45, 2.75) is 39.2 Å². The van der Waals surface area contributed by atoms with E-state index in [1.165, 1.54) is 19.3 Å². The van der Waals surface area contributed by atoms with Gasteiger partial charge in [-0.05, 0) is 30.2 Å². The van der Waals surface area contributed by atoms with Crippen LogP contribution >= 0.6 is 0 Å². The molecule has 0 radical (unpaired) electrons. The van der Waals surface area contributed by atoms with Gasteiger partial charge in [0, 0.05) is 18.8 Å². The number of amides is 1. The van der Waals surface area contributed by atoms with Crippen molar-refractivity contribution < 1.29 is 9.59 Å². The molecule has 0 bridgehead atoms. The average molecular weight is 336 g/mol. The Hall–Kier alpha value is -2.62. The molecule has 0 fully saturated rings. The Morgan fingerprint density at radius 1 is 0.920 bits per heavy atom. The molecular formula is C21H24N2O2. The van der Waals surface area contributed by atoms with Crippen molar-refractivity contribution in [2.75, 3.05) is 16.8 Å². The monoisotopic (exact) mass is 336 g/mol. The van der Waals surface area contributed by atoms with Gasteiger partial charge >= 0.3 is 0 Å². The van der Waals surface area contributed by atoms with Crippen molar-refractivity contribution in [1.82, 2.24) is 0 Å². The number of fused-ring (bicyclic) bond motifs is 1. The maximum absolute atomic E-state index is 12.2. The second kappa shape index (κ2) is 7.97. The molecule has 0 atom stereocenters. The lowest BCUT2D eigenvalue weighted by Crippen LogP contribution is -2.25. The highest BCUT2D eigenvalue weighted by Crippen LogP contribution is 2.28. The Kier molecular flexibility index (Phi) is 5.49. The van der Waals surface area contributed by atoms with E-state index in [4.69, 9.17) is 0 Å². The van der Waals surface area contributed by atoms with Crippen LogP contribution in [0.4, 0.5) is 11.4 Å². The number of nitrogens with zero attached hydrogens (tertiary/aromatic N) is 1. The molecule has 2 aromatic carbocycles. The van der Waals surface area contributed by atoms with Gasteiger partial charge in [-0.2, -0.15) is 0 Å². The molecule has 1 heterocycles. The van der Waals surface area contributed by atoms with E-state index in [1.54, 1.807) is 6.07 Å². The SMILES string of the molecule is CCCCCCN(Cc1cccc2c1C(=O)C(=O)N2)c1ccccc1. The number of carbonyl (C=O) groups is 2. The van der Waals surface area contributed by atoms with Gasteiger partial charge in [-0.1, -0.05) is 56.5 Å². The molecule has 4 nitrogen and oxygen atoms in total. The predicted molar refractivity (Wildman–Crippen MR) is 101 cm³/mol. The number of ketones is 1. The van der Waals surface area contributed by atoms with Gasteiger partial charge in [0.1, 0.15) is 0 Å². The van der Waals surface area contributed by atoms with Crippen LogP contribution in [0.25, 0.3) is 0 Å². The van der Waals surface area contributed by atoms with Crippen LogP contribution in [0.1, 0.15) is 48.5 Å². The molecule has 2 aromatic rings. The van der Waals surface area contributed by atoms with E-state index < -0.39 is 11.7 Å². The minimum atomic E-state index is -0.531. The Morgan fingerprint density at radius 2 is 1.72 bits per heavy atom. The average Bonchev–Trinajstić information content (AvgIpc) is 2.93. The van der Waals surface area contributed by atoms with E-state index in [9.17, 15) is 9.59 Å². The molecule has 1 aliphatic heterocycles. The van der Waals surface area contributed by atoms with Crippen LogP contribution in [0.3, 0.4) is 0 Å². The summed E-state index contributed by atoms with van der Waals surface area (Å²) < 4.78 is 0. The number of carbonyl (C=O) groups excluding carboxylic acids is 2. The molecule has 3 rings (SSSR count). The number of hydrogen-bond donors (Lipinski definition) is 1. The molecule has 0 saturated carbocycles. The Labute approximate surface area is 148 Å². The number of para-hydroxylation sites is 1. The molecule has 130 valence electrons. The Morgan fingerprint density at radius 3 is 2.48 bits per heavy atom. The van der Waals surface area contributed by atoms with Crippen molar-refractivity contribution in [1.29, 1.82) is 0 Å². The number of benzene rings is 2. The second-order valence-electron chi connectivity index (χ2n) is 6.44. The van der Waals surface area contributed by atoms with Crippen molar-refractivity contribution in [2.24, 2.45) is 0 Å². The number of anilines is 2. The summed E-state index contributed by atoms with van der Waals surface area (Å²) in [5.74, 6) is -0.957. The van der Waals surface area contributed by atoms with Crippen LogP contribution in [0, 0.1) is 0 Å². The summed E-state index contributed by atoms with van der Waals surface area (Å²) in [4.78, 5) is 26.2. The number of Topliss-reactive ketones (excluding diaryl/α,β-unsaturated/α-hetero) is 1. The van der Waals surface area contributed by atoms with E-state index in [1.807, 2.05) is 30.3 Å². The summed E-state index contributed by atoms with van der Waals surface area (Å²) in [5, 5.41) is 2.65. The van der Waals surface area contributed by atoms with Crippen LogP contribution in [0.15, 0.2) is 48.5 Å². The number of unbranched alkanes of at least 4 members (excludes halogenated alkanes) is 3. The normalized spacial score (nSPS) is 12.8. The van der Waals surface area contributed by atoms with Crippen molar-refractivity contribution >= 4 is 23.1 Å². The second-order valence-corrected chi connectivity index (χ2v) is 6.44. The highest BCUT2D eigenvalue weighted by Gasteiger charge is 2.30. The fourth-order valence-corrected chi connectivity index (χ4v) is 3.27. The zero-order valence-corrected chi connectivity index (χ0v) is 14.6. The van der Waals surface area contributed by atoms with Gasteiger partial charge in [-0.15, -0.1) is 0 Å². The van der Waals surface area contributed by atoms with Crippen LogP contribution in [0.5, 0.6) is 0 Å². The number of rotatable bonds is 8. The van der Waals surface area contributed by atoms with Gasteiger partial charge in [0.25, 0.3) is 11.7 Å². The quantitative estimate of drug-likeness (QED) is 0.574. The molecule has 0 aliphatic carbocycles. The summed E-state index contributed by atoms with van der Waals surface area (Å²) in [6.45, 7) is 3.76. The molecule has 0 spiro atoms. The first kappa shape index (κ1) is 17.2. The third kappa shape index (κ3) is 3.90. The minimum absolute atomic E-state index is 0.426. The molecule has 4 heteroatoms. The van der Waals surface area contributed by atoms with Gasteiger partial charge in [0.2, 0.25) is 0 Å². The third-order valence-electron chi connectivity index (χ3n) is 4.60. The third-order valence-corrected chi connectivity index (χ3v) is 4.60. The molecule has 0 unspecified atom stereocenters. The number of nitrogens with one attached hydrogen (secondary N) is 1. The first-order valence-electron chi connectivity index (χ1n) is 8.98. The summed E-state index contributed by atoms with van der Waals surface area (Å²) in [7, 11) is 0. The van der Waals surface area contributed by atoms with E-state index in [-0.39, 0.29) is 0 Å². The van der Waals surface area contributed by atoms with Gasteiger partial charge in [0.15, 0.2) is 0 Å². The molecule has 1 aliphatic rings. The summed E-state index contributed by atoms with van der Waals surface area (Å²) in [6, 6.07) is 15.9. The lowest BCUT2D eigenvalue weighted by atomic mass is 10.0.